The highest BCUT2D eigenvalue weighted by molar-refractivity contribution is 6.37. The van der Waals surface area contributed by atoms with Crippen molar-refractivity contribution in [2.45, 2.75) is 12.3 Å². The van der Waals surface area contributed by atoms with Crippen LogP contribution in [0.3, 0.4) is 0 Å². The lowest BCUT2D eigenvalue weighted by Gasteiger charge is -2.18. The van der Waals surface area contributed by atoms with Gasteiger partial charge in [-0.15, -0.1) is 13.2 Å². The number of benzene rings is 1. The monoisotopic (exact) mass is 423 g/mol. The summed E-state index contributed by atoms with van der Waals surface area (Å²) in [5.41, 5.74) is -0.773. The summed E-state index contributed by atoms with van der Waals surface area (Å²) in [5, 5.41) is 8.91. The van der Waals surface area contributed by atoms with Crippen LogP contribution in [-0.2, 0) is 9.53 Å². The highest BCUT2D eigenvalue weighted by Crippen LogP contribution is 2.39. The maximum atomic E-state index is 12.7. The van der Waals surface area contributed by atoms with Gasteiger partial charge in [-0.2, -0.15) is 0 Å². The molecule has 1 aromatic heterocycles. The number of carbonyl (C=O) groups is 2. The Morgan fingerprint density at radius 3 is 2.30 bits per heavy atom. The van der Waals surface area contributed by atoms with E-state index in [1.165, 1.54) is 12.3 Å². The van der Waals surface area contributed by atoms with Crippen LogP contribution in [0.2, 0.25) is 10.0 Å². The molecule has 0 aliphatic carbocycles. The molecule has 1 heterocycles. The first-order chi connectivity index (χ1) is 12.5. The zero-order valence-corrected chi connectivity index (χ0v) is 14.9. The zero-order chi connectivity index (χ0) is 20.4. The van der Waals surface area contributed by atoms with Gasteiger partial charge >= 0.3 is 12.3 Å². The molecular formula is C16H10Cl2F3NO5. The fraction of sp³-hybridized carbons (Fsp3) is 0.188. The van der Waals surface area contributed by atoms with Crippen molar-refractivity contribution in [3.05, 3.63) is 51.8 Å². The summed E-state index contributed by atoms with van der Waals surface area (Å²) in [7, 11) is 0.990. The lowest BCUT2D eigenvalue weighted by Crippen LogP contribution is -2.25. The molecule has 144 valence electrons. The molecule has 0 amide bonds. The summed E-state index contributed by atoms with van der Waals surface area (Å²) in [6.07, 6.45) is -3.80. The van der Waals surface area contributed by atoms with Crippen molar-refractivity contribution in [1.29, 1.82) is 0 Å². The number of ketones is 1. The molecule has 0 aliphatic heterocycles. The molecule has 0 spiro atoms. The Kier molecular flexibility index (Phi) is 6.17. The standard InChI is InChI=1S/C16H10Cl2F3NO5/c1-26-15(25)12(14(24)13-10(23)3-2-4-22-13)11-8(17)5-7(6-9(11)18)27-16(19,20)21/h2-6,12,23H,1H3. The molecule has 6 nitrogen and oxygen atoms in total. The molecule has 0 aliphatic rings. The summed E-state index contributed by atoms with van der Waals surface area (Å²) < 4.78 is 45.4. The number of rotatable bonds is 5. The van der Waals surface area contributed by atoms with E-state index < -0.39 is 51.3 Å². The number of ether oxygens (including phenoxy) is 2. The van der Waals surface area contributed by atoms with Crippen LogP contribution in [0.25, 0.3) is 0 Å². The van der Waals surface area contributed by atoms with Gasteiger partial charge in [-0.3, -0.25) is 9.59 Å². The average Bonchev–Trinajstić information content (AvgIpc) is 2.55. The Hall–Kier alpha value is -2.52. The minimum atomic E-state index is -4.99. The molecule has 27 heavy (non-hydrogen) atoms. The molecule has 0 bridgehead atoms. The number of pyridine rings is 1. The molecule has 1 atom stereocenters. The van der Waals surface area contributed by atoms with Crippen molar-refractivity contribution in [2.75, 3.05) is 7.11 Å². The van der Waals surface area contributed by atoms with Crippen LogP contribution in [0.5, 0.6) is 11.5 Å². The van der Waals surface area contributed by atoms with E-state index in [2.05, 4.69) is 14.5 Å². The number of hydrogen-bond donors (Lipinski definition) is 1. The van der Waals surface area contributed by atoms with Crippen LogP contribution in [0, 0.1) is 0 Å². The largest absolute Gasteiger partial charge is 0.573 e. The Labute approximate surface area is 160 Å². The van der Waals surface area contributed by atoms with Crippen LogP contribution >= 0.6 is 23.2 Å². The number of aromatic nitrogens is 1. The van der Waals surface area contributed by atoms with Gasteiger partial charge in [0.05, 0.1) is 17.2 Å². The van der Waals surface area contributed by atoms with E-state index in [0.717, 1.165) is 25.3 Å². The maximum absolute atomic E-state index is 12.7. The van der Waals surface area contributed by atoms with Gasteiger partial charge in [0, 0.05) is 11.8 Å². The number of Topliss-reactive ketones (excluding diaryl/α,β-unsaturated/α-hetero) is 1. The topological polar surface area (TPSA) is 85.7 Å². The summed E-state index contributed by atoms with van der Waals surface area (Å²) in [6.45, 7) is 0. The first-order valence-electron chi connectivity index (χ1n) is 7.06. The number of methoxy groups -OCH3 is 1. The van der Waals surface area contributed by atoms with Crippen LogP contribution in [0.4, 0.5) is 13.2 Å². The van der Waals surface area contributed by atoms with Crippen molar-refractivity contribution in [1.82, 2.24) is 4.98 Å². The molecule has 0 saturated heterocycles. The number of halogens is 5. The predicted octanol–water partition coefficient (Wildman–Crippen LogP) is 4.13. The fourth-order valence-electron chi connectivity index (χ4n) is 2.23. The second-order valence-electron chi connectivity index (χ2n) is 5.04. The van der Waals surface area contributed by atoms with Crippen LogP contribution in [0.1, 0.15) is 22.0 Å². The van der Waals surface area contributed by atoms with Crippen molar-refractivity contribution in [3.63, 3.8) is 0 Å². The summed E-state index contributed by atoms with van der Waals surface area (Å²) in [4.78, 5) is 28.6. The second kappa shape index (κ2) is 8.01. The Morgan fingerprint density at radius 2 is 1.81 bits per heavy atom. The molecule has 0 saturated carbocycles. The normalized spacial score (nSPS) is 12.4. The zero-order valence-electron chi connectivity index (χ0n) is 13.4. The summed E-state index contributed by atoms with van der Waals surface area (Å²) in [5.74, 6) is -5.12. The molecule has 2 rings (SSSR count). The van der Waals surface area contributed by atoms with Gasteiger partial charge in [-0.25, -0.2) is 4.98 Å². The van der Waals surface area contributed by atoms with E-state index in [0.29, 0.717) is 0 Å². The van der Waals surface area contributed by atoms with Gasteiger partial charge in [0.1, 0.15) is 23.1 Å². The fourth-order valence-corrected chi connectivity index (χ4v) is 2.91. The van der Waals surface area contributed by atoms with Crippen molar-refractivity contribution < 1.29 is 37.3 Å². The van der Waals surface area contributed by atoms with E-state index in [4.69, 9.17) is 23.2 Å². The van der Waals surface area contributed by atoms with Crippen LogP contribution < -0.4 is 4.74 Å². The minimum Gasteiger partial charge on any atom is -0.506 e. The van der Waals surface area contributed by atoms with Gasteiger partial charge in [-0.05, 0) is 24.3 Å². The van der Waals surface area contributed by atoms with Gasteiger partial charge in [0.25, 0.3) is 0 Å². The first kappa shape index (κ1) is 20.8. The van der Waals surface area contributed by atoms with Crippen molar-refractivity contribution in [3.8, 4) is 11.5 Å². The van der Waals surface area contributed by atoms with E-state index in [9.17, 15) is 27.9 Å². The summed E-state index contributed by atoms with van der Waals surface area (Å²) in [6, 6.07) is 4.01. The Bertz CT molecular complexity index is 866. The molecular weight excluding hydrogens is 414 g/mol. The molecule has 1 N–H and O–H groups in total. The van der Waals surface area contributed by atoms with Gasteiger partial charge in [0.15, 0.2) is 0 Å². The van der Waals surface area contributed by atoms with Crippen LogP contribution in [0.15, 0.2) is 30.5 Å². The second-order valence-corrected chi connectivity index (χ2v) is 5.85. The third-order valence-corrected chi connectivity index (χ3v) is 3.92. The molecule has 1 aromatic carbocycles. The highest BCUT2D eigenvalue weighted by atomic mass is 35.5. The molecule has 11 heteroatoms. The Balaban J connectivity index is 2.57. The lowest BCUT2D eigenvalue weighted by molar-refractivity contribution is -0.274. The smallest absolute Gasteiger partial charge is 0.506 e. The van der Waals surface area contributed by atoms with E-state index in [-0.39, 0.29) is 5.56 Å². The van der Waals surface area contributed by atoms with Gasteiger partial charge < -0.3 is 14.6 Å². The lowest BCUT2D eigenvalue weighted by atomic mass is 9.92. The van der Waals surface area contributed by atoms with Gasteiger partial charge in [-0.1, -0.05) is 23.2 Å². The van der Waals surface area contributed by atoms with Crippen molar-refractivity contribution >= 4 is 35.0 Å². The number of nitrogens with zero attached hydrogens (tertiary/aromatic N) is 1. The number of esters is 1. The quantitative estimate of drug-likeness (QED) is 0.442. The van der Waals surface area contributed by atoms with Crippen molar-refractivity contribution in [2.24, 2.45) is 0 Å². The number of aromatic hydroxyl groups is 1. The summed E-state index contributed by atoms with van der Waals surface area (Å²) >= 11 is 11.9. The average molecular weight is 424 g/mol. The molecule has 1 unspecified atom stereocenters. The SMILES string of the molecule is COC(=O)C(C(=O)c1ncccc1O)c1c(Cl)cc(OC(F)(F)F)cc1Cl. The number of hydrogen-bond acceptors (Lipinski definition) is 6. The third kappa shape index (κ3) is 4.81. The minimum absolute atomic E-state index is 0.310. The van der Waals surface area contributed by atoms with E-state index in [1.54, 1.807) is 0 Å². The van der Waals surface area contributed by atoms with Gasteiger partial charge in [0.2, 0.25) is 5.78 Å². The van der Waals surface area contributed by atoms with E-state index >= 15 is 0 Å². The first-order valence-corrected chi connectivity index (χ1v) is 7.81. The predicted molar refractivity (Wildman–Crippen MR) is 88.1 cm³/mol. The molecule has 0 fully saturated rings. The maximum Gasteiger partial charge on any atom is 0.573 e. The number of carbonyl (C=O) groups excluding carboxylic acids is 2. The van der Waals surface area contributed by atoms with E-state index in [1.807, 2.05) is 0 Å². The highest BCUT2D eigenvalue weighted by Gasteiger charge is 2.37. The Morgan fingerprint density at radius 1 is 1.22 bits per heavy atom. The molecule has 2 aromatic rings. The molecule has 0 radical (unpaired) electrons. The van der Waals surface area contributed by atoms with Crippen LogP contribution in [-0.4, -0.2) is 35.3 Å². The third-order valence-electron chi connectivity index (χ3n) is 3.29. The number of alkyl halides is 3.